The maximum atomic E-state index is 14.6. The molecule has 0 atom stereocenters. The van der Waals surface area contributed by atoms with Crippen LogP contribution in [0.1, 0.15) is 32.9 Å². The fraction of sp³-hybridized carbons (Fsp3) is 0.188. The van der Waals surface area contributed by atoms with Crippen LogP contribution in [0.4, 0.5) is 23.5 Å². The molecule has 0 spiro atoms. The van der Waals surface area contributed by atoms with Crippen LogP contribution >= 0.6 is 0 Å². The second-order valence-corrected chi connectivity index (χ2v) is 10.4. The van der Waals surface area contributed by atoms with E-state index in [9.17, 15) is 22.4 Å². The molecule has 6 rings (SSSR count). The number of carbonyl (C=O) groups excluding carboxylic acids is 1. The largest absolute Gasteiger partial charge is 0.497 e. The summed E-state index contributed by atoms with van der Waals surface area (Å²) < 4.78 is 66.2. The summed E-state index contributed by atoms with van der Waals surface area (Å²) in [5, 5.41) is 12.1. The smallest absolute Gasteiger partial charge is 0.417 e. The molecule has 0 saturated heterocycles. The topological polar surface area (TPSA) is 120 Å². The Kier molecular flexibility index (Phi) is 8.52. The molecule has 0 aliphatic heterocycles. The summed E-state index contributed by atoms with van der Waals surface area (Å²) in [4.78, 5) is 27.8. The van der Waals surface area contributed by atoms with E-state index in [4.69, 9.17) is 14.5 Å². The first kappa shape index (κ1) is 31.1. The lowest BCUT2D eigenvalue weighted by atomic mass is 10.1. The molecule has 240 valence electrons. The predicted molar refractivity (Wildman–Crippen MR) is 162 cm³/mol. The van der Waals surface area contributed by atoms with Gasteiger partial charge in [-0.05, 0) is 60.2 Å². The standard InChI is InChI=1S/C32H26F4N8O3/c1-46-23-10-19(11-24(13-23)47-2)14-39-31-41-27-8-5-20(12-25(27)29-42-40-18-44(29)31)30(45)43(17-28-26(33)4-3-9-37-28)16-22-7-6-21(15-38-22)32(34,35)36/h3-13,15,18H,14,16-17H2,1-2H3,(H,39,41). The van der Waals surface area contributed by atoms with Crippen LogP contribution in [0, 0.1) is 5.82 Å². The van der Waals surface area contributed by atoms with Gasteiger partial charge in [-0.2, -0.15) is 13.2 Å². The van der Waals surface area contributed by atoms with Crippen LogP contribution in [0.5, 0.6) is 11.5 Å². The van der Waals surface area contributed by atoms with Gasteiger partial charge in [0.25, 0.3) is 5.91 Å². The van der Waals surface area contributed by atoms with Gasteiger partial charge in [-0.1, -0.05) is 0 Å². The van der Waals surface area contributed by atoms with Gasteiger partial charge in [-0.3, -0.25) is 19.2 Å². The average molecular weight is 647 g/mol. The van der Waals surface area contributed by atoms with Crippen molar-refractivity contribution in [2.75, 3.05) is 19.5 Å². The van der Waals surface area contributed by atoms with Crippen molar-refractivity contribution in [2.45, 2.75) is 25.8 Å². The van der Waals surface area contributed by atoms with E-state index < -0.39 is 23.5 Å². The van der Waals surface area contributed by atoms with Crippen molar-refractivity contribution < 1.29 is 31.8 Å². The van der Waals surface area contributed by atoms with Crippen LogP contribution in [0.15, 0.2) is 79.4 Å². The van der Waals surface area contributed by atoms with Gasteiger partial charge < -0.3 is 19.7 Å². The van der Waals surface area contributed by atoms with Gasteiger partial charge >= 0.3 is 6.18 Å². The van der Waals surface area contributed by atoms with Gasteiger partial charge in [-0.15, -0.1) is 10.2 Å². The first-order valence-corrected chi connectivity index (χ1v) is 14.1. The van der Waals surface area contributed by atoms with Crippen LogP contribution in [0.2, 0.25) is 0 Å². The van der Waals surface area contributed by atoms with Crippen molar-refractivity contribution in [1.82, 2.24) is 34.4 Å². The van der Waals surface area contributed by atoms with Gasteiger partial charge in [0.05, 0.1) is 49.8 Å². The highest BCUT2D eigenvalue weighted by Crippen LogP contribution is 2.29. The number of hydrogen-bond acceptors (Lipinski definition) is 9. The number of nitrogens with zero attached hydrogens (tertiary/aromatic N) is 7. The summed E-state index contributed by atoms with van der Waals surface area (Å²) in [5.41, 5.74) is 1.25. The second-order valence-electron chi connectivity index (χ2n) is 10.4. The van der Waals surface area contributed by atoms with Gasteiger partial charge in [0.1, 0.15) is 23.6 Å². The van der Waals surface area contributed by atoms with E-state index >= 15 is 0 Å². The molecule has 0 radical (unpaired) electrons. The minimum absolute atomic E-state index is 0.0144. The molecule has 0 fully saturated rings. The van der Waals surface area contributed by atoms with Gasteiger partial charge in [-0.25, -0.2) is 9.37 Å². The highest BCUT2D eigenvalue weighted by molar-refractivity contribution is 6.01. The lowest BCUT2D eigenvalue weighted by molar-refractivity contribution is -0.137. The van der Waals surface area contributed by atoms with Crippen molar-refractivity contribution in [3.05, 3.63) is 113 Å². The Morgan fingerprint density at radius 2 is 1.77 bits per heavy atom. The minimum Gasteiger partial charge on any atom is -0.497 e. The summed E-state index contributed by atoms with van der Waals surface area (Å²) in [6.07, 6.45) is -1.00. The quantitative estimate of drug-likeness (QED) is 0.187. The van der Waals surface area contributed by atoms with E-state index in [1.165, 1.54) is 35.6 Å². The summed E-state index contributed by atoms with van der Waals surface area (Å²) in [5.74, 6) is 0.539. The number of anilines is 1. The molecule has 6 aromatic rings. The van der Waals surface area contributed by atoms with E-state index in [0.717, 1.165) is 11.6 Å². The Morgan fingerprint density at radius 3 is 2.45 bits per heavy atom. The number of methoxy groups -OCH3 is 2. The Balaban J connectivity index is 1.31. The molecule has 1 N–H and O–H groups in total. The number of nitrogens with one attached hydrogen (secondary N) is 1. The molecule has 2 aromatic carbocycles. The summed E-state index contributed by atoms with van der Waals surface area (Å²) in [7, 11) is 3.14. The summed E-state index contributed by atoms with van der Waals surface area (Å²) in [6.45, 7) is -0.1000. The molecule has 4 aromatic heterocycles. The zero-order valence-corrected chi connectivity index (χ0v) is 25.0. The Morgan fingerprint density at radius 1 is 0.979 bits per heavy atom. The van der Waals surface area contributed by atoms with Crippen LogP contribution in [-0.2, 0) is 25.8 Å². The number of ether oxygens (including phenoxy) is 2. The monoisotopic (exact) mass is 646 g/mol. The number of alkyl halides is 3. The number of halogens is 4. The highest BCUT2D eigenvalue weighted by Gasteiger charge is 2.31. The van der Waals surface area contributed by atoms with Crippen molar-refractivity contribution in [3.63, 3.8) is 0 Å². The number of amides is 1. The first-order valence-electron chi connectivity index (χ1n) is 14.1. The van der Waals surface area contributed by atoms with Crippen LogP contribution in [0.3, 0.4) is 0 Å². The number of carbonyl (C=O) groups is 1. The maximum absolute atomic E-state index is 14.6. The number of aromatic nitrogens is 6. The highest BCUT2D eigenvalue weighted by atomic mass is 19.4. The van der Waals surface area contributed by atoms with Gasteiger partial charge in [0, 0.05) is 36.0 Å². The second kappa shape index (κ2) is 12.9. The Hall–Kier alpha value is -5.86. The molecule has 4 heterocycles. The number of rotatable bonds is 10. The molecule has 1 amide bonds. The van der Waals surface area contributed by atoms with E-state index in [2.05, 4.69) is 25.5 Å². The maximum Gasteiger partial charge on any atom is 0.417 e. The third-order valence-electron chi connectivity index (χ3n) is 7.32. The zero-order chi connectivity index (χ0) is 33.1. The van der Waals surface area contributed by atoms with Gasteiger partial charge in [0.15, 0.2) is 5.65 Å². The van der Waals surface area contributed by atoms with E-state index in [-0.39, 0.29) is 30.0 Å². The predicted octanol–water partition coefficient (Wildman–Crippen LogP) is 5.70. The molecule has 47 heavy (non-hydrogen) atoms. The molecule has 0 bridgehead atoms. The SMILES string of the molecule is COc1cc(CNc2nc3ccc(C(=O)N(Cc4ccc(C(F)(F)F)cn4)Cc4ncccc4F)cc3c3nncn23)cc(OC)c1. The Bertz CT molecular complexity index is 2050. The first-order chi connectivity index (χ1) is 22.6. The minimum atomic E-state index is -4.57. The van der Waals surface area contributed by atoms with Crippen LogP contribution in [0.25, 0.3) is 16.6 Å². The zero-order valence-electron chi connectivity index (χ0n) is 25.0. The van der Waals surface area contributed by atoms with E-state index in [0.29, 0.717) is 46.7 Å². The average Bonchev–Trinajstić information content (AvgIpc) is 3.58. The fourth-order valence-corrected chi connectivity index (χ4v) is 4.94. The van der Waals surface area contributed by atoms with Crippen molar-refractivity contribution in [2.24, 2.45) is 0 Å². The molecular formula is C32H26F4N8O3. The van der Waals surface area contributed by atoms with Gasteiger partial charge in [0.2, 0.25) is 5.95 Å². The number of hydrogen-bond donors (Lipinski definition) is 1. The molecule has 15 heteroatoms. The fourth-order valence-electron chi connectivity index (χ4n) is 4.94. The third kappa shape index (κ3) is 6.73. The molecule has 0 aliphatic rings. The van der Waals surface area contributed by atoms with Crippen molar-refractivity contribution in [1.29, 1.82) is 0 Å². The third-order valence-corrected chi connectivity index (χ3v) is 7.32. The lowest BCUT2D eigenvalue weighted by Gasteiger charge is -2.23. The van der Waals surface area contributed by atoms with E-state index in [1.54, 1.807) is 42.9 Å². The number of benzene rings is 2. The molecule has 0 saturated carbocycles. The molecule has 11 nitrogen and oxygen atoms in total. The van der Waals surface area contributed by atoms with Crippen LogP contribution < -0.4 is 14.8 Å². The number of fused-ring (bicyclic) bond motifs is 3. The summed E-state index contributed by atoms with van der Waals surface area (Å²) >= 11 is 0. The van der Waals surface area contributed by atoms with Crippen molar-refractivity contribution >= 4 is 28.4 Å². The van der Waals surface area contributed by atoms with Crippen LogP contribution in [-0.4, -0.2) is 54.6 Å². The molecule has 0 aliphatic carbocycles. The Labute approximate surface area is 264 Å². The summed E-state index contributed by atoms with van der Waals surface area (Å²) in [6, 6.07) is 15.0. The van der Waals surface area contributed by atoms with Crippen molar-refractivity contribution in [3.8, 4) is 11.5 Å². The van der Waals surface area contributed by atoms with E-state index in [1.807, 2.05) is 12.1 Å². The molecule has 0 unspecified atom stereocenters. The normalized spacial score (nSPS) is 11.5. The number of pyridine rings is 2. The molecular weight excluding hydrogens is 620 g/mol. The lowest BCUT2D eigenvalue weighted by Crippen LogP contribution is -2.31.